The van der Waals surface area contributed by atoms with Crippen LogP contribution in [0.1, 0.15) is 5.69 Å². The zero-order valence-corrected chi connectivity index (χ0v) is 9.81. The van der Waals surface area contributed by atoms with Crippen LogP contribution in [0.25, 0.3) is 0 Å². The van der Waals surface area contributed by atoms with E-state index in [0.717, 1.165) is 11.5 Å². The van der Waals surface area contributed by atoms with E-state index in [-0.39, 0.29) is 18.2 Å². The molecule has 0 fully saturated rings. The predicted molar refractivity (Wildman–Crippen MR) is 60.1 cm³/mol. The van der Waals surface area contributed by atoms with Crippen LogP contribution in [0.4, 0.5) is 5.82 Å². The van der Waals surface area contributed by atoms with Gasteiger partial charge in [0, 0.05) is 11.5 Å². The largest absolute Gasteiger partial charge is 0.479 e. The predicted octanol–water partition coefficient (Wildman–Crippen LogP) is 2.07. The molecule has 2 rings (SSSR count). The molecule has 2 heterocycles. The SMILES string of the molecule is O=[N+]([O-])c1ncccc1OCc1nnsc1Cl. The third-order valence-electron chi connectivity index (χ3n) is 1.80. The first-order chi connectivity index (χ1) is 8.18. The normalized spacial score (nSPS) is 10.2. The number of rotatable bonds is 4. The number of nitrogens with zero attached hydrogens (tertiary/aromatic N) is 4. The molecular formula is C8H5ClN4O3S. The second-order valence-corrected chi connectivity index (χ2v) is 4.22. The van der Waals surface area contributed by atoms with Crippen LogP contribution in [0.2, 0.25) is 4.34 Å². The lowest BCUT2D eigenvalue weighted by Crippen LogP contribution is -2.01. The van der Waals surface area contributed by atoms with Gasteiger partial charge in [-0.05, 0) is 22.0 Å². The topological polar surface area (TPSA) is 91.0 Å². The summed E-state index contributed by atoms with van der Waals surface area (Å²) in [7, 11) is 0. The minimum absolute atomic E-state index is 0.0157. The van der Waals surface area contributed by atoms with Crippen molar-refractivity contribution in [1.82, 2.24) is 14.6 Å². The van der Waals surface area contributed by atoms with Gasteiger partial charge in [0.2, 0.25) is 5.75 Å². The van der Waals surface area contributed by atoms with Crippen LogP contribution in [0.3, 0.4) is 0 Å². The van der Waals surface area contributed by atoms with Crippen molar-refractivity contribution in [1.29, 1.82) is 0 Å². The molecule has 9 heteroatoms. The number of halogens is 1. The fourth-order valence-electron chi connectivity index (χ4n) is 1.06. The molecule has 0 aliphatic carbocycles. The Morgan fingerprint density at radius 3 is 3.06 bits per heavy atom. The first-order valence-corrected chi connectivity index (χ1v) is 5.52. The van der Waals surface area contributed by atoms with Gasteiger partial charge in [-0.2, -0.15) is 0 Å². The molecule has 7 nitrogen and oxygen atoms in total. The van der Waals surface area contributed by atoms with Gasteiger partial charge in [0.15, 0.2) is 0 Å². The third-order valence-corrected chi connectivity index (χ3v) is 2.78. The van der Waals surface area contributed by atoms with E-state index < -0.39 is 4.92 Å². The number of nitro groups is 1. The first-order valence-electron chi connectivity index (χ1n) is 4.37. The molecule has 0 spiro atoms. The van der Waals surface area contributed by atoms with Crippen molar-refractivity contribution in [3.8, 4) is 5.75 Å². The van der Waals surface area contributed by atoms with Crippen molar-refractivity contribution in [2.24, 2.45) is 0 Å². The van der Waals surface area contributed by atoms with Gasteiger partial charge >= 0.3 is 5.82 Å². The maximum Gasteiger partial charge on any atom is 0.406 e. The van der Waals surface area contributed by atoms with Crippen molar-refractivity contribution in [3.05, 3.63) is 38.5 Å². The third kappa shape index (κ3) is 2.66. The molecule has 0 amide bonds. The minimum atomic E-state index is -0.615. The van der Waals surface area contributed by atoms with E-state index in [1.165, 1.54) is 12.3 Å². The second-order valence-electron chi connectivity index (χ2n) is 2.86. The number of aromatic nitrogens is 3. The summed E-state index contributed by atoms with van der Waals surface area (Å²) in [5.74, 6) is -0.270. The molecule has 0 saturated carbocycles. The molecule has 0 aliphatic rings. The Labute approximate surface area is 104 Å². The number of hydrogen-bond donors (Lipinski definition) is 0. The van der Waals surface area contributed by atoms with Gasteiger partial charge in [0.1, 0.15) is 22.8 Å². The minimum Gasteiger partial charge on any atom is -0.479 e. The van der Waals surface area contributed by atoms with Crippen LogP contribution in [0.15, 0.2) is 18.3 Å². The number of pyridine rings is 1. The fraction of sp³-hybridized carbons (Fsp3) is 0.125. The molecule has 0 atom stereocenters. The monoisotopic (exact) mass is 272 g/mol. The average Bonchev–Trinajstić information content (AvgIpc) is 2.72. The molecule has 2 aromatic rings. The van der Waals surface area contributed by atoms with E-state index in [1.807, 2.05) is 0 Å². The Morgan fingerprint density at radius 2 is 2.41 bits per heavy atom. The zero-order chi connectivity index (χ0) is 12.3. The summed E-state index contributed by atoms with van der Waals surface area (Å²) in [6.45, 7) is 0.0157. The molecule has 0 radical (unpaired) electrons. The lowest BCUT2D eigenvalue weighted by atomic mass is 10.4. The molecule has 0 aromatic carbocycles. The summed E-state index contributed by atoms with van der Waals surface area (Å²) in [4.78, 5) is 13.7. The molecule has 88 valence electrons. The van der Waals surface area contributed by atoms with Gasteiger partial charge in [-0.3, -0.25) is 0 Å². The standard InChI is InChI=1S/C8H5ClN4O3S/c9-7-5(11-12-17-7)4-16-6-2-1-3-10-8(6)13(14)15/h1-3H,4H2. The highest BCUT2D eigenvalue weighted by molar-refractivity contribution is 7.10. The van der Waals surface area contributed by atoms with E-state index in [4.69, 9.17) is 16.3 Å². The van der Waals surface area contributed by atoms with Gasteiger partial charge in [0.05, 0.1) is 0 Å². The van der Waals surface area contributed by atoms with E-state index >= 15 is 0 Å². The highest BCUT2D eigenvalue weighted by Crippen LogP contribution is 2.25. The summed E-state index contributed by atoms with van der Waals surface area (Å²) in [5, 5.41) is 14.4. The van der Waals surface area contributed by atoms with Crippen LogP contribution in [0, 0.1) is 10.1 Å². The summed E-state index contributed by atoms with van der Waals surface area (Å²) >= 11 is 6.80. The molecule has 0 N–H and O–H groups in total. The Bertz CT molecular complexity index is 547. The Kier molecular flexibility index (Phi) is 3.45. The van der Waals surface area contributed by atoms with Crippen LogP contribution in [0.5, 0.6) is 5.75 Å². The van der Waals surface area contributed by atoms with Crippen molar-refractivity contribution in [2.75, 3.05) is 0 Å². The lowest BCUT2D eigenvalue weighted by molar-refractivity contribution is -0.390. The maximum atomic E-state index is 10.7. The van der Waals surface area contributed by atoms with Crippen LogP contribution >= 0.6 is 23.1 Å². The van der Waals surface area contributed by atoms with Gasteiger partial charge in [-0.25, -0.2) is 0 Å². The van der Waals surface area contributed by atoms with E-state index in [2.05, 4.69) is 14.6 Å². The zero-order valence-electron chi connectivity index (χ0n) is 8.24. The Morgan fingerprint density at radius 1 is 1.59 bits per heavy atom. The average molecular weight is 273 g/mol. The fourth-order valence-corrected chi connectivity index (χ4v) is 1.66. The maximum absolute atomic E-state index is 10.7. The molecule has 2 aromatic heterocycles. The summed E-state index contributed by atoms with van der Waals surface area (Å²) in [5.41, 5.74) is 0.440. The van der Waals surface area contributed by atoms with Crippen molar-refractivity contribution < 1.29 is 9.66 Å². The van der Waals surface area contributed by atoms with Gasteiger partial charge < -0.3 is 14.9 Å². The van der Waals surface area contributed by atoms with E-state index in [0.29, 0.717) is 10.0 Å². The summed E-state index contributed by atoms with van der Waals surface area (Å²) in [6.07, 6.45) is 1.32. The smallest absolute Gasteiger partial charge is 0.406 e. The first kappa shape index (κ1) is 11.7. The van der Waals surface area contributed by atoms with Crippen LogP contribution in [-0.4, -0.2) is 19.5 Å². The molecule has 0 aliphatic heterocycles. The highest BCUT2D eigenvalue weighted by Gasteiger charge is 2.16. The second kappa shape index (κ2) is 5.02. The van der Waals surface area contributed by atoms with Gasteiger partial charge in [-0.1, -0.05) is 16.1 Å². The number of hydrogen-bond acceptors (Lipinski definition) is 7. The molecule has 17 heavy (non-hydrogen) atoms. The van der Waals surface area contributed by atoms with Gasteiger partial charge in [0.25, 0.3) is 0 Å². The van der Waals surface area contributed by atoms with Crippen LogP contribution in [-0.2, 0) is 6.61 Å². The van der Waals surface area contributed by atoms with Gasteiger partial charge in [-0.15, -0.1) is 5.10 Å². The molecule has 0 unspecified atom stereocenters. The van der Waals surface area contributed by atoms with Crippen molar-refractivity contribution in [2.45, 2.75) is 6.61 Å². The molecule has 0 saturated heterocycles. The lowest BCUT2D eigenvalue weighted by Gasteiger charge is -2.03. The summed E-state index contributed by atoms with van der Waals surface area (Å²) < 4.78 is 9.26. The quantitative estimate of drug-likeness (QED) is 0.625. The van der Waals surface area contributed by atoms with Crippen LogP contribution < -0.4 is 4.74 Å². The van der Waals surface area contributed by atoms with E-state index in [9.17, 15) is 10.1 Å². The molecular weight excluding hydrogens is 268 g/mol. The summed E-state index contributed by atoms with van der Waals surface area (Å²) in [6, 6.07) is 3.00. The van der Waals surface area contributed by atoms with Crippen molar-refractivity contribution in [3.63, 3.8) is 0 Å². The highest BCUT2D eigenvalue weighted by atomic mass is 35.5. The molecule has 0 bridgehead atoms. The number of ether oxygens (including phenoxy) is 1. The van der Waals surface area contributed by atoms with Crippen molar-refractivity contribution >= 4 is 29.0 Å². The van der Waals surface area contributed by atoms with E-state index in [1.54, 1.807) is 6.07 Å². The Balaban J connectivity index is 2.14. The Hall–Kier alpha value is -1.80.